The van der Waals surface area contributed by atoms with Crippen LogP contribution >= 0.6 is 0 Å². The van der Waals surface area contributed by atoms with Gasteiger partial charge in [-0.25, -0.2) is 4.98 Å². The van der Waals surface area contributed by atoms with Crippen molar-refractivity contribution in [2.45, 2.75) is 26.8 Å². The standard InChI is InChI=1S/C19H23N5O4/c1-12(2)20-18(25)19(26)23-9-7-22(8-10-23)16-11-13(3)21-17-14(16)5-4-6-15(17)24(27)28/h4-6,11-12H,7-10H2,1-3H3,(H,20,25). The molecule has 0 saturated carbocycles. The molecule has 3 rings (SSSR count). The van der Waals surface area contributed by atoms with Crippen LogP contribution in [0.25, 0.3) is 10.9 Å². The number of para-hydroxylation sites is 1. The van der Waals surface area contributed by atoms with Crippen molar-refractivity contribution in [1.82, 2.24) is 15.2 Å². The highest BCUT2D eigenvalue weighted by Crippen LogP contribution is 2.32. The molecule has 1 aliphatic heterocycles. The highest BCUT2D eigenvalue weighted by molar-refractivity contribution is 6.35. The van der Waals surface area contributed by atoms with Crippen LogP contribution in [-0.4, -0.2) is 58.8 Å². The van der Waals surface area contributed by atoms with Gasteiger partial charge in [0, 0.05) is 55.1 Å². The normalized spacial score (nSPS) is 14.4. The van der Waals surface area contributed by atoms with E-state index in [0.29, 0.717) is 42.8 Å². The van der Waals surface area contributed by atoms with Crippen LogP contribution in [0.1, 0.15) is 19.5 Å². The van der Waals surface area contributed by atoms with Crippen molar-refractivity contribution >= 4 is 34.1 Å². The van der Waals surface area contributed by atoms with Gasteiger partial charge in [0.1, 0.15) is 0 Å². The highest BCUT2D eigenvalue weighted by atomic mass is 16.6. The molecule has 148 valence electrons. The summed E-state index contributed by atoms with van der Waals surface area (Å²) in [5, 5.41) is 14.7. The fraction of sp³-hybridized carbons (Fsp3) is 0.421. The topological polar surface area (TPSA) is 109 Å². The van der Waals surface area contributed by atoms with E-state index in [1.165, 1.54) is 11.0 Å². The Hall–Kier alpha value is -3.23. The molecular weight excluding hydrogens is 362 g/mol. The van der Waals surface area contributed by atoms with Crippen LogP contribution in [0.2, 0.25) is 0 Å². The molecule has 1 saturated heterocycles. The summed E-state index contributed by atoms with van der Waals surface area (Å²) in [5.74, 6) is -1.12. The van der Waals surface area contributed by atoms with Crippen molar-refractivity contribution in [2.75, 3.05) is 31.1 Å². The Morgan fingerprint density at radius 1 is 1.21 bits per heavy atom. The molecule has 1 aliphatic rings. The number of carbonyl (C=O) groups excluding carboxylic acids is 2. The second-order valence-electron chi connectivity index (χ2n) is 7.12. The number of aromatic nitrogens is 1. The van der Waals surface area contributed by atoms with Gasteiger partial charge in [0.15, 0.2) is 5.52 Å². The van der Waals surface area contributed by atoms with Crippen LogP contribution in [0.5, 0.6) is 0 Å². The van der Waals surface area contributed by atoms with Gasteiger partial charge in [0.05, 0.1) is 4.92 Å². The van der Waals surface area contributed by atoms with Crippen molar-refractivity contribution in [3.05, 3.63) is 40.1 Å². The number of anilines is 1. The Bertz CT molecular complexity index is 935. The molecule has 1 N–H and O–H groups in total. The van der Waals surface area contributed by atoms with Gasteiger partial charge in [-0.3, -0.25) is 19.7 Å². The molecule has 0 bridgehead atoms. The minimum absolute atomic E-state index is 0.0263. The first kappa shape index (κ1) is 19.5. The fourth-order valence-electron chi connectivity index (χ4n) is 3.37. The number of rotatable bonds is 3. The lowest BCUT2D eigenvalue weighted by atomic mass is 10.1. The van der Waals surface area contributed by atoms with Crippen LogP contribution in [0.3, 0.4) is 0 Å². The number of benzene rings is 1. The maximum absolute atomic E-state index is 12.3. The molecule has 0 spiro atoms. The molecule has 1 fully saturated rings. The van der Waals surface area contributed by atoms with E-state index in [4.69, 9.17) is 0 Å². The third-order valence-corrected chi connectivity index (χ3v) is 4.64. The molecule has 0 aliphatic carbocycles. The summed E-state index contributed by atoms with van der Waals surface area (Å²) >= 11 is 0. The number of amides is 2. The summed E-state index contributed by atoms with van der Waals surface area (Å²) in [7, 11) is 0. The van der Waals surface area contributed by atoms with Crippen LogP contribution in [0.4, 0.5) is 11.4 Å². The van der Waals surface area contributed by atoms with Crippen LogP contribution < -0.4 is 10.2 Å². The Labute approximate surface area is 162 Å². The molecule has 0 unspecified atom stereocenters. The summed E-state index contributed by atoms with van der Waals surface area (Å²) in [6, 6.07) is 6.71. The Kier molecular flexibility index (Phi) is 5.43. The molecule has 0 radical (unpaired) electrons. The van der Waals surface area contributed by atoms with Gasteiger partial charge in [0.25, 0.3) is 5.69 Å². The number of nitrogens with zero attached hydrogens (tertiary/aromatic N) is 4. The second kappa shape index (κ2) is 7.79. The molecule has 2 amide bonds. The van der Waals surface area contributed by atoms with Crippen molar-refractivity contribution < 1.29 is 14.5 Å². The number of piperazine rings is 1. The lowest BCUT2D eigenvalue weighted by Gasteiger charge is -2.36. The third kappa shape index (κ3) is 3.88. The lowest BCUT2D eigenvalue weighted by Crippen LogP contribution is -2.53. The van der Waals surface area contributed by atoms with Gasteiger partial charge < -0.3 is 15.1 Å². The van der Waals surface area contributed by atoms with Gasteiger partial charge in [-0.15, -0.1) is 0 Å². The molecule has 0 atom stereocenters. The van der Waals surface area contributed by atoms with E-state index in [2.05, 4.69) is 15.2 Å². The van der Waals surface area contributed by atoms with Gasteiger partial charge in [0.2, 0.25) is 0 Å². The number of nitro groups is 1. The van der Waals surface area contributed by atoms with Crippen LogP contribution in [0.15, 0.2) is 24.3 Å². The van der Waals surface area contributed by atoms with Gasteiger partial charge in [-0.1, -0.05) is 12.1 Å². The molecule has 9 heteroatoms. The quantitative estimate of drug-likeness (QED) is 0.489. The van der Waals surface area contributed by atoms with E-state index < -0.39 is 16.7 Å². The zero-order chi connectivity index (χ0) is 20.4. The van der Waals surface area contributed by atoms with Gasteiger partial charge >= 0.3 is 11.8 Å². The molecule has 28 heavy (non-hydrogen) atoms. The van der Waals surface area contributed by atoms with Crippen molar-refractivity contribution in [3.63, 3.8) is 0 Å². The summed E-state index contributed by atoms with van der Waals surface area (Å²) < 4.78 is 0. The smallest absolute Gasteiger partial charge is 0.312 e. The van der Waals surface area contributed by atoms with Gasteiger partial charge in [-0.05, 0) is 26.8 Å². The van der Waals surface area contributed by atoms with Crippen molar-refractivity contribution in [2.24, 2.45) is 0 Å². The summed E-state index contributed by atoms with van der Waals surface area (Å²) in [5.41, 5.74) is 1.87. The predicted molar refractivity (Wildman–Crippen MR) is 105 cm³/mol. The lowest BCUT2D eigenvalue weighted by molar-refractivity contribution is -0.383. The number of aryl methyl sites for hydroxylation is 1. The van der Waals surface area contributed by atoms with E-state index in [9.17, 15) is 19.7 Å². The number of non-ortho nitro benzene ring substituents is 1. The maximum Gasteiger partial charge on any atom is 0.312 e. The Morgan fingerprint density at radius 3 is 2.50 bits per heavy atom. The average Bonchev–Trinajstić information content (AvgIpc) is 2.65. The molecular formula is C19H23N5O4. The summed E-state index contributed by atoms with van der Waals surface area (Å²) in [6.45, 7) is 7.28. The highest BCUT2D eigenvalue weighted by Gasteiger charge is 2.27. The summed E-state index contributed by atoms with van der Waals surface area (Å²) in [4.78, 5) is 43.1. The second-order valence-corrected chi connectivity index (χ2v) is 7.12. The monoisotopic (exact) mass is 385 g/mol. The van der Waals surface area contributed by atoms with Crippen molar-refractivity contribution in [1.29, 1.82) is 0 Å². The molecule has 1 aromatic carbocycles. The number of hydrogen-bond acceptors (Lipinski definition) is 6. The number of nitro benzene ring substituents is 1. The summed E-state index contributed by atoms with van der Waals surface area (Å²) in [6.07, 6.45) is 0. The first-order valence-corrected chi connectivity index (χ1v) is 9.17. The average molecular weight is 385 g/mol. The molecule has 2 heterocycles. The zero-order valence-corrected chi connectivity index (χ0v) is 16.1. The number of nitrogens with one attached hydrogen (secondary N) is 1. The maximum atomic E-state index is 12.3. The number of carbonyl (C=O) groups is 2. The van der Waals surface area contributed by atoms with Crippen LogP contribution in [-0.2, 0) is 9.59 Å². The number of hydrogen-bond donors (Lipinski definition) is 1. The molecule has 1 aromatic heterocycles. The fourth-order valence-corrected chi connectivity index (χ4v) is 3.37. The van der Waals surface area contributed by atoms with E-state index in [1.54, 1.807) is 26.8 Å². The Balaban J connectivity index is 1.82. The minimum atomic E-state index is -0.593. The minimum Gasteiger partial charge on any atom is -0.367 e. The third-order valence-electron chi connectivity index (χ3n) is 4.64. The van der Waals surface area contributed by atoms with E-state index in [1.807, 2.05) is 12.1 Å². The zero-order valence-electron chi connectivity index (χ0n) is 16.1. The largest absolute Gasteiger partial charge is 0.367 e. The molecule has 9 nitrogen and oxygen atoms in total. The SMILES string of the molecule is Cc1cc(N2CCN(C(=O)C(=O)NC(C)C)CC2)c2cccc([N+](=O)[O-])c2n1. The van der Waals surface area contributed by atoms with Crippen LogP contribution in [0, 0.1) is 17.0 Å². The van der Waals surface area contributed by atoms with Crippen molar-refractivity contribution in [3.8, 4) is 0 Å². The van der Waals surface area contributed by atoms with E-state index in [-0.39, 0.29) is 11.7 Å². The van der Waals surface area contributed by atoms with E-state index >= 15 is 0 Å². The number of fused-ring (bicyclic) bond motifs is 1. The Morgan fingerprint density at radius 2 is 1.89 bits per heavy atom. The van der Waals surface area contributed by atoms with E-state index in [0.717, 1.165) is 5.69 Å². The first-order chi connectivity index (χ1) is 13.3. The first-order valence-electron chi connectivity index (χ1n) is 9.17. The number of pyridine rings is 1. The predicted octanol–water partition coefficient (Wildman–Crippen LogP) is 1.62. The van der Waals surface area contributed by atoms with Gasteiger partial charge in [-0.2, -0.15) is 0 Å². The molecule has 2 aromatic rings.